The predicted octanol–water partition coefficient (Wildman–Crippen LogP) is 7.96. The Hall–Kier alpha value is -1.74. The first-order chi connectivity index (χ1) is 16.0. The molecule has 2 aromatic rings. The van der Waals surface area contributed by atoms with Crippen LogP contribution in [-0.4, -0.2) is 24.9 Å². The van der Waals surface area contributed by atoms with E-state index < -0.39 is 12.3 Å². The molecule has 3 fully saturated rings. The Balaban J connectivity index is 1.15. The number of hydrogen-bond acceptors (Lipinski definition) is 1. The molecule has 3 unspecified atom stereocenters. The Labute approximate surface area is 198 Å². The van der Waals surface area contributed by atoms with Crippen LogP contribution in [0.4, 0.5) is 8.78 Å². The van der Waals surface area contributed by atoms with Crippen molar-refractivity contribution in [3.05, 3.63) is 59.7 Å². The van der Waals surface area contributed by atoms with Gasteiger partial charge in [-0.15, -0.1) is 0 Å². The Kier molecular flexibility index (Phi) is 7.16. The second-order valence-corrected chi connectivity index (χ2v) is 11.1. The van der Waals surface area contributed by atoms with Crippen molar-refractivity contribution >= 4 is 0 Å². The molecule has 0 bridgehead atoms. The minimum absolute atomic E-state index is 0.379. The van der Waals surface area contributed by atoms with Gasteiger partial charge in [-0.1, -0.05) is 55.5 Å². The van der Waals surface area contributed by atoms with Crippen LogP contribution in [0.25, 0.3) is 11.1 Å². The van der Waals surface area contributed by atoms with Crippen LogP contribution >= 0.6 is 0 Å². The fraction of sp³-hybridized carbons (Fsp3) is 0.600. The van der Waals surface area contributed by atoms with Gasteiger partial charge >= 0.3 is 0 Å². The predicted molar refractivity (Wildman–Crippen MR) is 133 cm³/mol. The number of alkyl halides is 2. The maximum absolute atomic E-state index is 13.6. The molecular formula is C30H39F2N. The van der Waals surface area contributed by atoms with Gasteiger partial charge in [0.05, 0.1) is 0 Å². The zero-order chi connectivity index (χ0) is 22.8. The fourth-order valence-corrected chi connectivity index (χ4v) is 6.65. The Morgan fingerprint density at radius 2 is 1.55 bits per heavy atom. The van der Waals surface area contributed by atoms with E-state index in [1.165, 1.54) is 41.5 Å². The normalized spacial score (nSPS) is 32.9. The minimum Gasteiger partial charge on any atom is -0.311 e. The highest BCUT2D eigenvalue weighted by atomic mass is 19.1. The molecule has 0 spiro atoms. The average Bonchev–Trinajstić information content (AvgIpc) is 3.59. The molecule has 33 heavy (non-hydrogen) atoms. The first-order valence-corrected chi connectivity index (χ1v) is 13.3. The summed E-state index contributed by atoms with van der Waals surface area (Å²) in [5.74, 6) is 2.35. The van der Waals surface area contributed by atoms with Gasteiger partial charge in [0.25, 0.3) is 0 Å². The van der Waals surface area contributed by atoms with Gasteiger partial charge in [0.2, 0.25) is 0 Å². The van der Waals surface area contributed by atoms with Crippen LogP contribution in [0.5, 0.6) is 0 Å². The lowest BCUT2D eigenvalue weighted by Gasteiger charge is -2.19. The summed E-state index contributed by atoms with van der Waals surface area (Å²) in [6.07, 6.45) is 8.02. The molecule has 3 aliphatic rings. The van der Waals surface area contributed by atoms with Crippen molar-refractivity contribution < 1.29 is 8.78 Å². The van der Waals surface area contributed by atoms with Gasteiger partial charge in [0, 0.05) is 12.6 Å². The SMILES string of the molecule is CC(CC[C@H]1CC[C@H](F)C1)c1ccc(-c2ccc(C3CCC([C@@H]4C[C@@H](F)CN4)C3)cc2)cc1. The zero-order valence-corrected chi connectivity index (χ0v) is 20.0. The molecule has 7 atom stereocenters. The van der Waals surface area contributed by atoms with Crippen molar-refractivity contribution in [3.8, 4) is 11.1 Å². The monoisotopic (exact) mass is 451 g/mol. The highest BCUT2D eigenvalue weighted by molar-refractivity contribution is 5.64. The summed E-state index contributed by atoms with van der Waals surface area (Å²) in [4.78, 5) is 0. The molecule has 5 rings (SSSR count). The van der Waals surface area contributed by atoms with Crippen LogP contribution in [0.1, 0.15) is 87.7 Å². The van der Waals surface area contributed by atoms with Crippen molar-refractivity contribution in [1.82, 2.24) is 5.32 Å². The molecule has 178 valence electrons. The van der Waals surface area contributed by atoms with E-state index in [4.69, 9.17) is 0 Å². The molecule has 2 saturated carbocycles. The number of halogens is 2. The molecule has 1 heterocycles. The first kappa shape index (κ1) is 23.0. The number of nitrogens with one attached hydrogen (secondary N) is 1. The van der Waals surface area contributed by atoms with Gasteiger partial charge in [0.15, 0.2) is 0 Å². The molecular weight excluding hydrogens is 412 g/mol. The van der Waals surface area contributed by atoms with E-state index in [1.807, 2.05) is 0 Å². The summed E-state index contributed by atoms with van der Waals surface area (Å²) in [5, 5.41) is 3.40. The van der Waals surface area contributed by atoms with Crippen molar-refractivity contribution in [3.63, 3.8) is 0 Å². The van der Waals surface area contributed by atoms with Gasteiger partial charge in [-0.25, -0.2) is 8.78 Å². The van der Waals surface area contributed by atoms with Gasteiger partial charge < -0.3 is 5.32 Å². The lowest BCUT2D eigenvalue weighted by atomic mass is 9.89. The standard InChI is InChI=1S/C30H39F2N/c1-20(2-3-21-4-15-28(31)16-21)22-5-7-23(8-6-22)24-9-11-25(12-10-24)26-13-14-27(17-26)30-18-29(32)19-33-30/h5-12,20-21,26-30,33H,2-4,13-19H2,1H3/t20?,21-,26?,27?,28-,29+,30-/m0/s1. The van der Waals surface area contributed by atoms with Crippen molar-refractivity contribution in [2.45, 2.75) is 94.9 Å². The Morgan fingerprint density at radius 3 is 2.18 bits per heavy atom. The lowest BCUT2D eigenvalue weighted by molar-refractivity contribution is 0.325. The third kappa shape index (κ3) is 5.50. The van der Waals surface area contributed by atoms with E-state index in [9.17, 15) is 8.78 Å². The molecule has 0 radical (unpaired) electrons. The quantitative estimate of drug-likeness (QED) is 0.450. The van der Waals surface area contributed by atoms with Gasteiger partial charge in [-0.3, -0.25) is 0 Å². The summed E-state index contributed by atoms with van der Waals surface area (Å²) in [6.45, 7) is 2.84. The molecule has 1 nitrogen and oxygen atoms in total. The zero-order valence-electron chi connectivity index (χ0n) is 20.0. The summed E-state index contributed by atoms with van der Waals surface area (Å²) in [5.41, 5.74) is 5.36. The molecule has 2 aliphatic carbocycles. The van der Waals surface area contributed by atoms with E-state index in [2.05, 4.69) is 60.8 Å². The van der Waals surface area contributed by atoms with E-state index in [-0.39, 0.29) is 0 Å². The maximum Gasteiger partial charge on any atom is 0.114 e. The van der Waals surface area contributed by atoms with E-state index in [1.54, 1.807) is 0 Å². The van der Waals surface area contributed by atoms with E-state index >= 15 is 0 Å². The summed E-state index contributed by atoms with van der Waals surface area (Å²) >= 11 is 0. The Bertz CT molecular complexity index is 893. The van der Waals surface area contributed by atoms with Crippen LogP contribution < -0.4 is 5.32 Å². The van der Waals surface area contributed by atoms with Gasteiger partial charge in [-0.05, 0) is 104 Å². The third-order valence-corrected chi connectivity index (χ3v) is 8.83. The number of benzene rings is 2. The molecule has 3 heteroatoms. The first-order valence-electron chi connectivity index (χ1n) is 13.3. The van der Waals surface area contributed by atoms with Crippen LogP contribution in [0.3, 0.4) is 0 Å². The largest absolute Gasteiger partial charge is 0.311 e. The van der Waals surface area contributed by atoms with Crippen molar-refractivity contribution in [2.75, 3.05) is 6.54 Å². The second kappa shape index (κ2) is 10.3. The third-order valence-electron chi connectivity index (χ3n) is 8.83. The summed E-state index contributed by atoms with van der Waals surface area (Å²) in [7, 11) is 0. The smallest absolute Gasteiger partial charge is 0.114 e. The number of rotatable bonds is 7. The summed E-state index contributed by atoms with van der Waals surface area (Å²) in [6, 6.07) is 18.6. The fourth-order valence-electron chi connectivity index (χ4n) is 6.65. The van der Waals surface area contributed by atoms with Crippen LogP contribution in [-0.2, 0) is 0 Å². The van der Waals surface area contributed by atoms with Crippen LogP contribution in [0.15, 0.2) is 48.5 Å². The van der Waals surface area contributed by atoms with Crippen molar-refractivity contribution in [2.24, 2.45) is 11.8 Å². The summed E-state index contributed by atoms with van der Waals surface area (Å²) < 4.78 is 27.0. The highest BCUT2D eigenvalue weighted by Gasteiger charge is 2.35. The minimum atomic E-state index is -0.654. The van der Waals surface area contributed by atoms with Crippen molar-refractivity contribution in [1.29, 1.82) is 0 Å². The average molecular weight is 452 g/mol. The molecule has 0 aromatic heterocycles. The topological polar surface area (TPSA) is 12.0 Å². The molecule has 1 N–H and O–H groups in total. The molecule has 1 saturated heterocycles. The van der Waals surface area contributed by atoms with Gasteiger partial charge in [0.1, 0.15) is 12.3 Å². The lowest BCUT2D eigenvalue weighted by Crippen LogP contribution is -2.28. The van der Waals surface area contributed by atoms with Gasteiger partial charge in [-0.2, -0.15) is 0 Å². The van der Waals surface area contributed by atoms with E-state index in [0.717, 1.165) is 32.1 Å². The Morgan fingerprint density at radius 1 is 0.818 bits per heavy atom. The van der Waals surface area contributed by atoms with E-state index in [0.29, 0.717) is 42.7 Å². The second-order valence-electron chi connectivity index (χ2n) is 11.1. The molecule has 1 aliphatic heterocycles. The molecule has 2 aromatic carbocycles. The van der Waals surface area contributed by atoms with Crippen LogP contribution in [0.2, 0.25) is 0 Å². The highest BCUT2D eigenvalue weighted by Crippen LogP contribution is 2.42. The maximum atomic E-state index is 13.6. The van der Waals surface area contributed by atoms with Crippen LogP contribution in [0, 0.1) is 11.8 Å². The molecule has 0 amide bonds. The number of hydrogen-bond donors (Lipinski definition) is 1.